The molecule has 0 bridgehead atoms. The standard InChI is InChI=1S/C19H22N4O2S/c1-3-22-10-9-14-15(11-22)26-18-16(14)19(24)23(20)17(21-18)12-5-7-13(8-6-12)25-4-2/h5-8H,3-4,9-11,20H2,1-2H3/p+1. The van der Waals surface area contributed by atoms with Gasteiger partial charge in [-0.1, -0.05) is 0 Å². The van der Waals surface area contributed by atoms with Crippen LogP contribution in [0.25, 0.3) is 21.6 Å². The van der Waals surface area contributed by atoms with Gasteiger partial charge in [0, 0.05) is 12.0 Å². The Bertz CT molecular complexity index is 1010. The summed E-state index contributed by atoms with van der Waals surface area (Å²) in [5, 5.41) is 0.706. The monoisotopic (exact) mass is 371 g/mol. The molecule has 136 valence electrons. The molecule has 1 unspecified atom stereocenters. The van der Waals surface area contributed by atoms with Gasteiger partial charge < -0.3 is 15.5 Å². The Labute approximate surface area is 155 Å². The lowest BCUT2D eigenvalue weighted by Gasteiger charge is -2.22. The maximum absolute atomic E-state index is 12.9. The van der Waals surface area contributed by atoms with Crippen molar-refractivity contribution in [1.82, 2.24) is 9.66 Å². The highest BCUT2D eigenvalue weighted by Gasteiger charge is 2.26. The number of thiophene rings is 1. The zero-order valence-electron chi connectivity index (χ0n) is 15.0. The van der Waals surface area contributed by atoms with Crippen LogP contribution in [0.4, 0.5) is 0 Å². The number of nitrogens with two attached hydrogens (primary N) is 1. The SMILES string of the molecule is CCOc1ccc(-c2nc3sc4c(c3c(=O)n2N)CC[NH+](CC)C4)cc1. The molecule has 7 heteroatoms. The van der Waals surface area contributed by atoms with E-state index < -0.39 is 0 Å². The van der Waals surface area contributed by atoms with Gasteiger partial charge in [-0.3, -0.25) is 4.79 Å². The minimum absolute atomic E-state index is 0.156. The Balaban J connectivity index is 1.82. The molecule has 0 fully saturated rings. The van der Waals surface area contributed by atoms with Crippen molar-refractivity contribution in [2.24, 2.45) is 0 Å². The fraction of sp³-hybridized carbons (Fsp3) is 0.368. The van der Waals surface area contributed by atoms with Crippen molar-refractivity contribution < 1.29 is 9.64 Å². The van der Waals surface area contributed by atoms with Crippen LogP contribution in [0.3, 0.4) is 0 Å². The van der Waals surface area contributed by atoms with Crippen molar-refractivity contribution in [3.63, 3.8) is 0 Å². The first-order valence-corrected chi connectivity index (χ1v) is 9.83. The third kappa shape index (κ3) is 2.77. The molecule has 3 heterocycles. The van der Waals surface area contributed by atoms with Gasteiger partial charge in [-0.05, 0) is 43.7 Å². The molecule has 3 N–H and O–H groups in total. The minimum Gasteiger partial charge on any atom is -0.494 e. The number of nitrogens with zero attached hydrogens (tertiary/aromatic N) is 2. The Morgan fingerprint density at radius 1 is 1.31 bits per heavy atom. The lowest BCUT2D eigenvalue weighted by molar-refractivity contribution is -0.913. The van der Waals surface area contributed by atoms with Gasteiger partial charge in [0.25, 0.3) is 5.56 Å². The van der Waals surface area contributed by atoms with Crippen LogP contribution in [-0.2, 0) is 13.0 Å². The van der Waals surface area contributed by atoms with Crippen LogP contribution in [0.5, 0.6) is 5.75 Å². The molecular formula is C19H23N4O2S+. The summed E-state index contributed by atoms with van der Waals surface area (Å²) >= 11 is 1.64. The summed E-state index contributed by atoms with van der Waals surface area (Å²) in [5.74, 6) is 7.41. The second-order valence-electron chi connectivity index (χ2n) is 6.53. The van der Waals surface area contributed by atoms with E-state index in [1.165, 1.54) is 9.55 Å². The Morgan fingerprint density at radius 2 is 2.08 bits per heavy atom. The first-order chi connectivity index (χ1) is 12.6. The van der Waals surface area contributed by atoms with Crippen LogP contribution < -0.4 is 21.0 Å². The topological polar surface area (TPSA) is 74.6 Å². The van der Waals surface area contributed by atoms with Crippen LogP contribution in [0.15, 0.2) is 29.1 Å². The average Bonchev–Trinajstić information content (AvgIpc) is 3.03. The molecule has 1 aromatic carbocycles. The summed E-state index contributed by atoms with van der Waals surface area (Å²) in [5.41, 5.74) is 1.80. The number of hydrogen-bond donors (Lipinski definition) is 2. The van der Waals surface area contributed by atoms with E-state index in [4.69, 9.17) is 15.6 Å². The average molecular weight is 371 g/mol. The van der Waals surface area contributed by atoms with Crippen LogP contribution in [0.1, 0.15) is 24.3 Å². The van der Waals surface area contributed by atoms with Crippen molar-refractivity contribution in [2.75, 3.05) is 25.5 Å². The number of likely N-dealkylation sites (N-methyl/N-ethyl adjacent to an activating group) is 1. The predicted octanol–water partition coefficient (Wildman–Crippen LogP) is 1.20. The van der Waals surface area contributed by atoms with Gasteiger partial charge in [-0.2, -0.15) is 0 Å². The Kier molecular flexibility index (Phi) is 4.42. The minimum atomic E-state index is -0.156. The number of ether oxygens (including phenoxy) is 1. The van der Waals surface area contributed by atoms with E-state index >= 15 is 0 Å². The smallest absolute Gasteiger partial charge is 0.281 e. The van der Waals surface area contributed by atoms with Gasteiger partial charge in [-0.25, -0.2) is 9.66 Å². The quantitative estimate of drug-likeness (QED) is 0.676. The number of hydrogen-bond acceptors (Lipinski definition) is 5. The van der Waals surface area contributed by atoms with Gasteiger partial charge in [0.1, 0.15) is 17.1 Å². The largest absolute Gasteiger partial charge is 0.494 e. The van der Waals surface area contributed by atoms with Crippen molar-refractivity contribution in [3.05, 3.63) is 45.1 Å². The highest BCUT2D eigenvalue weighted by Crippen LogP contribution is 2.30. The van der Waals surface area contributed by atoms with Crippen LogP contribution >= 0.6 is 11.3 Å². The van der Waals surface area contributed by atoms with E-state index in [1.54, 1.807) is 16.2 Å². The van der Waals surface area contributed by atoms with Gasteiger partial charge in [-0.15, -0.1) is 11.3 Å². The van der Waals surface area contributed by atoms with E-state index in [0.29, 0.717) is 17.8 Å². The zero-order valence-corrected chi connectivity index (χ0v) is 15.9. The van der Waals surface area contributed by atoms with E-state index in [2.05, 4.69) is 6.92 Å². The third-order valence-corrected chi connectivity index (χ3v) is 6.13. The van der Waals surface area contributed by atoms with Crippen molar-refractivity contribution in [2.45, 2.75) is 26.8 Å². The lowest BCUT2D eigenvalue weighted by Crippen LogP contribution is -3.11. The van der Waals surface area contributed by atoms with Crippen LogP contribution in [-0.4, -0.2) is 29.4 Å². The van der Waals surface area contributed by atoms with Gasteiger partial charge in [0.15, 0.2) is 5.82 Å². The first kappa shape index (κ1) is 17.1. The molecule has 1 atom stereocenters. The normalized spacial score (nSPS) is 16.6. The Morgan fingerprint density at radius 3 is 2.77 bits per heavy atom. The summed E-state index contributed by atoms with van der Waals surface area (Å²) in [6, 6.07) is 7.52. The summed E-state index contributed by atoms with van der Waals surface area (Å²) in [6.45, 7) is 7.88. The predicted molar refractivity (Wildman–Crippen MR) is 104 cm³/mol. The number of benzene rings is 1. The first-order valence-electron chi connectivity index (χ1n) is 9.01. The van der Waals surface area contributed by atoms with E-state index in [1.807, 2.05) is 31.2 Å². The van der Waals surface area contributed by atoms with Crippen molar-refractivity contribution in [1.29, 1.82) is 0 Å². The summed E-state index contributed by atoms with van der Waals surface area (Å²) in [4.78, 5) is 21.3. The van der Waals surface area contributed by atoms with E-state index in [9.17, 15) is 4.79 Å². The fourth-order valence-electron chi connectivity index (χ4n) is 3.56. The molecule has 2 aromatic heterocycles. The second-order valence-corrected chi connectivity index (χ2v) is 7.62. The summed E-state index contributed by atoms with van der Waals surface area (Å²) in [7, 11) is 0. The highest BCUT2D eigenvalue weighted by atomic mass is 32.1. The number of nitrogen functional groups attached to an aromatic ring is 1. The van der Waals surface area contributed by atoms with Gasteiger partial charge in [0.2, 0.25) is 0 Å². The second kappa shape index (κ2) is 6.74. The number of aromatic nitrogens is 2. The number of nitrogens with one attached hydrogen (secondary N) is 1. The van der Waals surface area contributed by atoms with Crippen molar-refractivity contribution >= 4 is 21.6 Å². The van der Waals surface area contributed by atoms with E-state index in [0.717, 1.165) is 47.8 Å². The van der Waals surface area contributed by atoms with Crippen molar-refractivity contribution in [3.8, 4) is 17.1 Å². The molecule has 0 aliphatic carbocycles. The fourth-order valence-corrected chi connectivity index (χ4v) is 4.84. The summed E-state index contributed by atoms with van der Waals surface area (Å²) in [6.07, 6.45) is 0.915. The van der Waals surface area contributed by atoms with Crippen LogP contribution in [0, 0.1) is 0 Å². The molecule has 0 saturated carbocycles. The molecule has 0 saturated heterocycles. The molecule has 6 nitrogen and oxygen atoms in total. The van der Waals surface area contributed by atoms with E-state index in [-0.39, 0.29) is 5.56 Å². The molecular weight excluding hydrogens is 348 g/mol. The Hall–Kier alpha value is -2.38. The number of rotatable bonds is 4. The molecule has 0 amide bonds. The maximum Gasteiger partial charge on any atom is 0.281 e. The molecule has 1 aliphatic rings. The number of fused-ring (bicyclic) bond motifs is 3. The molecule has 1 aliphatic heterocycles. The third-order valence-electron chi connectivity index (χ3n) is 5.00. The molecule has 4 rings (SSSR count). The zero-order chi connectivity index (χ0) is 18.3. The van der Waals surface area contributed by atoms with Crippen LogP contribution in [0.2, 0.25) is 0 Å². The lowest BCUT2D eigenvalue weighted by atomic mass is 10.1. The molecule has 0 spiro atoms. The molecule has 26 heavy (non-hydrogen) atoms. The molecule has 0 radical (unpaired) electrons. The summed E-state index contributed by atoms with van der Waals surface area (Å²) < 4.78 is 6.66. The number of quaternary nitrogens is 1. The highest BCUT2D eigenvalue weighted by molar-refractivity contribution is 7.18. The maximum atomic E-state index is 12.9. The molecule has 3 aromatic rings. The van der Waals surface area contributed by atoms with Gasteiger partial charge in [0.05, 0.1) is 30.0 Å². The van der Waals surface area contributed by atoms with Gasteiger partial charge >= 0.3 is 0 Å².